The Kier molecular flexibility index (Phi) is 9.38. The normalized spacial score (nSPS) is 10.7. The van der Waals surface area contributed by atoms with E-state index in [0.717, 1.165) is 6.07 Å². The lowest BCUT2D eigenvalue weighted by molar-refractivity contribution is -0.137. The summed E-state index contributed by atoms with van der Waals surface area (Å²) < 4.78 is 38.6. The zero-order valence-electron chi connectivity index (χ0n) is 13.2. The number of amides is 2. The molecular formula is C15H21ClF3N3O2. The molecule has 1 rings (SSSR count). The Bertz CT molecular complexity index is 553. The van der Waals surface area contributed by atoms with E-state index in [1.807, 2.05) is 0 Å². The quantitative estimate of drug-likeness (QED) is 0.778. The number of halogens is 4. The molecule has 0 aromatic heterocycles. The molecule has 136 valence electrons. The van der Waals surface area contributed by atoms with E-state index < -0.39 is 17.6 Å². The van der Waals surface area contributed by atoms with Gasteiger partial charge in [0.1, 0.15) is 0 Å². The van der Waals surface area contributed by atoms with Gasteiger partial charge in [0.2, 0.25) is 11.8 Å². The highest BCUT2D eigenvalue weighted by Crippen LogP contribution is 2.34. The summed E-state index contributed by atoms with van der Waals surface area (Å²) in [5.41, 5.74) is 4.07. The summed E-state index contributed by atoms with van der Waals surface area (Å²) in [6, 6.07) is 4.70. The van der Waals surface area contributed by atoms with Crippen molar-refractivity contribution >= 4 is 29.9 Å². The Morgan fingerprint density at radius 1 is 1.25 bits per heavy atom. The number of benzene rings is 1. The van der Waals surface area contributed by atoms with E-state index in [4.69, 9.17) is 5.73 Å². The highest BCUT2D eigenvalue weighted by Gasteiger charge is 2.33. The maximum atomic E-state index is 12.9. The number of para-hydroxylation sites is 1. The molecule has 5 nitrogen and oxygen atoms in total. The second-order valence-electron chi connectivity index (χ2n) is 4.89. The van der Waals surface area contributed by atoms with Crippen molar-refractivity contribution in [3.05, 3.63) is 29.8 Å². The standard InChI is InChI=1S/C15H20F3N3O2.ClH/c1-2-21(14(23)8-5-9-19)10-13(22)20-12-7-4-3-6-11(12)15(16,17)18;/h3-4,6-7H,2,5,8-10,19H2,1H3,(H,20,22);1H. The van der Waals surface area contributed by atoms with E-state index >= 15 is 0 Å². The van der Waals surface area contributed by atoms with E-state index in [-0.39, 0.29) is 43.5 Å². The maximum Gasteiger partial charge on any atom is 0.418 e. The number of nitrogens with zero attached hydrogens (tertiary/aromatic N) is 1. The van der Waals surface area contributed by atoms with Gasteiger partial charge in [0, 0.05) is 13.0 Å². The third kappa shape index (κ3) is 6.76. The Labute approximate surface area is 144 Å². The monoisotopic (exact) mass is 367 g/mol. The molecule has 0 spiro atoms. The molecule has 0 radical (unpaired) electrons. The summed E-state index contributed by atoms with van der Waals surface area (Å²) in [7, 11) is 0. The van der Waals surface area contributed by atoms with Gasteiger partial charge in [-0.05, 0) is 32.0 Å². The molecule has 0 saturated heterocycles. The Balaban J connectivity index is 0.00000529. The van der Waals surface area contributed by atoms with Crippen molar-refractivity contribution in [2.45, 2.75) is 25.9 Å². The SMILES string of the molecule is CCN(CC(=O)Nc1ccccc1C(F)(F)F)C(=O)CCCN.Cl. The van der Waals surface area contributed by atoms with Crippen molar-refractivity contribution < 1.29 is 22.8 Å². The van der Waals surface area contributed by atoms with Crippen LogP contribution in [-0.4, -0.2) is 36.3 Å². The third-order valence-corrected chi connectivity index (χ3v) is 3.17. The summed E-state index contributed by atoms with van der Waals surface area (Å²) >= 11 is 0. The average Bonchev–Trinajstić information content (AvgIpc) is 2.49. The number of nitrogens with two attached hydrogens (primary N) is 1. The van der Waals surface area contributed by atoms with Crippen molar-refractivity contribution in [1.29, 1.82) is 0 Å². The van der Waals surface area contributed by atoms with Crippen LogP contribution in [0.4, 0.5) is 18.9 Å². The fourth-order valence-corrected chi connectivity index (χ4v) is 1.99. The number of rotatable bonds is 7. The molecule has 0 unspecified atom stereocenters. The second kappa shape index (κ2) is 10.1. The highest BCUT2D eigenvalue weighted by molar-refractivity contribution is 5.95. The van der Waals surface area contributed by atoms with E-state index in [9.17, 15) is 22.8 Å². The van der Waals surface area contributed by atoms with Crippen LogP contribution in [-0.2, 0) is 15.8 Å². The molecule has 0 aliphatic heterocycles. The predicted molar refractivity (Wildman–Crippen MR) is 87.9 cm³/mol. The van der Waals surface area contributed by atoms with Crippen LogP contribution < -0.4 is 11.1 Å². The van der Waals surface area contributed by atoms with Gasteiger partial charge < -0.3 is 16.0 Å². The minimum Gasteiger partial charge on any atom is -0.334 e. The van der Waals surface area contributed by atoms with E-state index in [2.05, 4.69) is 5.32 Å². The molecule has 0 atom stereocenters. The lowest BCUT2D eigenvalue weighted by atomic mass is 10.1. The van der Waals surface area contributed by atoms with Crippen LogP contribution in [0, 0.1) is 0 Å². The highest BCUT2D eigenvalue weighted by atomic mass is 35.5. The van der Waals surface area contributed by atoms with Crippen LogP contribution >= 0.6 is 12.4 Å². The van der Waals surface area contributed by atoms with Crippen molar-refractivity contribution in [1.82, 2.24) is 4.90 Å². The van der Waals surface area contributed by atoms with Gasteiger partial charge in [0.25, 0.3) is 0 Å². The third-order valence-electron chi connectivity index (χ3n) is 3.17. The van der Waals surface area contributed by atoms with Gasteiger partial charge in [-0.3, -0.25) is 9.59 Å². The molecule has 1 aromatic carbocycles. The predicted octanol–water partition coefficient (Wildman–Crippen LogP) is 2.65. The van der Waals surface area contributed by atoms with Crippen LogP contribution in [0.15, 0.2) is 24.3 Å². The van der Waals surface area contributed by atoms with E-state index in [0.29, 0.717) is 13.0 Å². The van der Waals surface area contributed by atoms with Gasteiger partial charge in [0.15, 0.2) is 0 Å². The van der Waals surface area contributed by atoms with Crippen LogP contribution in [0.2, 0.25) is 0 Å². The molecule has 1 aromatic rings. The molecule has 0 aliphatic carbocycles. The fourth-order valence-electron chi connectivity index (χ4n) is 1.99. The van der Waals surface area contributed by atoms with Crippen LogP contribution in [0.3, 0.4) is 0 Å². The summed E-state index contributed by atoms with van der Waals surface area (Å²) in [6.07, 6.45) is -3.87. The molecule has 0 saturated carbocycles. The zero-order valence-corrected chi connectivity index (χ0v) is 14.0. The lowest BCUT2D eigenvalue weighted by Crippen LogP contribution is -2.38. The number of carbonyl (C=O) groups is 2. The first-order chi connectivity index (χ1) is 10.8. The Morgan fingerprint density at radius 3 is 2.42 bits per heavy atom. The Hall–Kier alpha value is -1.80. The molecule has 0 heterocycles. The maximum absolute atomic E-state index is 12.9. The van der Waals surface area contributed by atoms with Gasteiger partial charge in [-0.2, -0.15) is 13.2 Å². The molecular weight excluding hydrogens is 347 g/mol. The first-order valence-corrected chi connectivity index (χ1v) is 7.23. The first-order valence-electron chi connectivity index (χ1n) is 7.23. The van der Waals surface area contributed by atoms with Crippen molar-refractivity contribution in [2.24, 2.45) is 5.73 Å². The number of likely N-dealkylation sites (N-methyl/N-ethyl adjacent to an activating group) is 1. The molecule has 24 heavy (non-hydrogen) atoms. The van der Waals surface area contributed by atoms with E-state index in [1.54, 1.807) is 6.92 Å². The average molecular weight is 368 g/mol. The van der Waals surface area contributed by atoms with Crippen molar-refractivity contribution in [3.63, 3.8) is 0 Å². The van der Waals surface area contributed by atoms with Gasteiger partial charge in [-0.1, -0.05) is 12.1 Å². The molecule has 0 aliphatic rings. The topological polar surface area (TPSA) is 75.4 Å². The Morgan fingerprint density at radius 2 is 1.88 bits per heavy atom. The molecule has 3 N–H and O–H groups in total. The van der Waals surface area contributed by atoms with Gasteiger partial charge in [-0.15, -0.1) is 12.4 Å². The number of hydrogen-bond donors (Lipinski definition) is 2. The van der Waals surface area contributed by atoms with Gasteiger partial charge in [0.05, 0.1) is 17.8 Å². The molecule has 9 heteroatoms. The number of hydrogen-bond acceptors (Lipinski definition) is 3. The fraction of sp³-hybridized carbons (Fsp3) is 0.467. The van der Waals surface area contributed by atoms with Gasteiger partial charge >= 0.3 is 6.18 Å². The minimum atomic E-state index is -4.56. The molecule has 2 amide bonds. The van der Waals surface area contributed by atoms with Crippen molar-refractivity contribution in [2.75, 3.05) is 25.0 Å². The lowest BCUT2D eigenvalue weighted by Gasteiger charge is -2.21. The second-order valence-corrected chi connectivity index (χ2v) is 4.89. The first kappa shape index (κ1) is 22.2. The minimum absolute atomic E-state index is 0. The zero-order chi connectivity index (χ0) is 17.5. The van der Waals surface area contributed by atoms with Crippen LogP contribution in [0.1, 0.15) is 25.3 Å². The van der Waals surface area contributed by atoms with Crippen LogP contribution in [0.25, 0.3) is 0 Å². The smallest absolute Gasteiger partial charge is 0.334 e. The number of nitrogens with one attached hydrogen (secondary N) is 1. The number of carbonyl (C=O) groups excluding carboxylic acids is 2. The summed E-state index contributed by atoms with van der Waals surface area (Å²) in [5, 5.41) is 2.22. The summed E-state index contributed by atoms with van der Waals surface area (Å²) in [4.78, 5) is 25.1. The van der Waals surface area contributed by atoms with E-state index in [1.165, 1.54) is 23.1 Å². The number of alkyl halides is 3. The summed E-state index contributed by atoms with van der Waals surface area (Å²) in [5.74, 6) is -0.929. The van der Waals surface area contributed by atoms with Gasteiger partial charge in [-0.25, -0.2) is 0 Å². The molecule has 0 fully saturated rings. The largest absolute Gasteiger partial charge is 0.418 e. The van der Waals surface area contributed by atoms with Crippen molar-refractivity contribution in [3.8, 4) is 0 Å². The molecule has 0 bridgehead atoms. The summed E-state index contributed by atoms with van der Waals surface area (Å²) in [6.45, 7) is 2.04. The number of anilines is 1. The van der Waals surface area contributed by atoms with Crippen LogP contribution in [0.5, 0.6) is 0 Å².